The molecule has 0 radical (unpaired) electrons. The van der Waals surface area contributed by atoms with Gasteiger partial charge >= 0.3 is 5.69 Å². The van der Waals surface area contributed by atoms with Gasteiger partial charge in [0.15, 0.2) is 0 Å². The molecule has 2 rings (SSSR count). The van der Waals surface area contributed by atoms with E-state index >= 15 is 0 Å². The number of ether oxygens (including phenoxy) is 1. The van der Waals surface area contributed by atoms with Gasteiger partial charge in [0, 0.05) is 6.20 Å². The predicted octanol–water partition coefficient (Wildman–Crippen LogP) is 0.796. The fourth-order valence-corrected chi connectivity index (χ4v) is 1.61. The van der Waals surface area contributed by atoms with Crippen LogP contribution in [0.25, 0.3) is 5.69 Å². The van der Waals surface area contributed by atoms with Crippen molar-refractivity contribution in [3.8, 4) is 17.5 Å². The molecule has 1 N–H and O–H groups in total. The number of H-pyrrole nitrogens is 1. The Labute approximate surface area is 108 Å². The van der Waals surface area contributed by atoms with Gasteiger partial charge in [0.2, 0.25) is 0 Å². The summed E-state index contributed by atoms with van der Waals surface area (Å²) in [5.74, 6) is 0.684. The van der Waals surface area contributed by atoms with E-state index in [0.29, 0.717) is 18.0 Å². The molecule has 0 aliphatic heterocycles. The lowest BCUT2D eigenvalue weighted by Gasteiger charge is -2.07. The number of hydrogen-bond acceptors (Lipinski definition) is 4. The van der Waals surface area contributed by atoms with Crippen molar-refractivity contribution in [1.82, 2.24) is 9.55 Å². The number of aromatic nitrogens is 2. The second kappa shape index (κ2) is 5.23. The zero-order chi connectivity index (χ0) is 13.8. The van der Waals surface area contributed by atoms with Gasteiger partial charge in [0.25, 0.3) is 5.56 Å². The highest BCUT2D eigenvalue weighted by atomic mass is 16.5. The zero-order valence-corrected chi connectivity index (χ0v) is 10.2. The summed E-state index contributed by atoms with van der Waals surface area (Å²) in [5.41, 5.74) is -0.850. The minimum atomic E-state index is -0.685. The normalized spacial score (nSPS) is 9.89. The summed E-state index contributed by atoms with van der Waals surface area (Å²) < 4.78 is 6.50. The van der Waals surface area contributed by atoms with Crippen molar-refractivity contribution in [3.63, 3.8) is 0 Å². The van der Waals surface area contributed by atoms with Crippen LogP contribution < -0.4 is 16.0 Å². The van der Waals surface area contributed by atoms with Crippen LogP contribution >= 0.6 is 0 Å². The first-order chi connectivity index (χ1) is 9.15. The van der Waals surface area contributed by atoms with Gasteiger partial charge < -0.3 is 4.74 Å². The molecule has 0 spiro atoms. The molecular formula is C13H11N3O3. The summed E-state index contributed by atoms with van der Waals surface area (Å²) in [4.78, 5) is 25.1. The van der Waals surface area contributed by atoms with Gasteiger partial charge in [-0.05, 0) is 31.2 Å². The van der Waals surface area contributed by atoms with Crippen molar-refractivity contribution in [2.24, 2.45) is 0 Å². The molecule has 2 aromatic rings. The Morgan fingerprint density at radius 2 is 2.00 bits per heavy atom. The number of rotatable bonds is 3. The third kappa shape index (κ3) is 2.55. The quantitative estimate of drug-likeness (QED) is 0.880. The van der Waals surface area contributed by atoms with Gasteiger partial charge in [-0.15, -0.1) is 0 Å². The molecule has 19 heavy (non-hydrogen) atoms. The lowest BCUT2D eigenvalue weighted by molar-refractivity contribution is 0.340. The molecule has 0 bridgehead atoms. The maximum atomic E-state index is 11.7. The summed E-state index contributed by atoms with van der Waals surface area (Å²) in [7, 11) is 0. The average molecular weight is 257 g/mol. The first kappa shape index (κ1) is 12.6. The highest BCUT2D eigenvalue weighted by molar-refractivity contribution is 5.38. The molecule has 6 nitrogen and oxygen atoms in total. The van der Waals surface area contributed by atoms with Gasteiger partial charge in [0.05, 0.1) is 12.3 Å². The fraction of sp³-hybridized carbons (Fsp3) is 0.154. The van der Waals surface area contributed by atoms with Crippen LogP contribution in [0.1, 0.15) is 12.5 Å². The van der Waals surface area contributed by atoms with Crippen molar-refractivity contribution in [2.45, 2.75) is 6.92 Å². The lowest BCUT2D eigenvalue weighted by atomic mass is 10.3. The van der Waals surface area contributed by atoms with Crippen LogP contribution in [0.5, 0.6) is 5.75 Å². The number of nitriles is 1. The van der Waals surface area contributed by atoms with Crippen LogP contribution in [-0.4, -0.2) is 16.2 Å². The van der Waals surface area contributed by atoms with Crippen molar-refractivity contribution in [2.75, 3.05) is 6.61 Å². The molecule has 6 heteroatoms. The Kier molecular flexibility index (Phi) is 3.48. The highest BCUT2D eigenvalue weighted by Gasteiger charge is 2.05. The highest BCUT2D eigenvalue weighted by Crippen LogP contribution is 2.13. The Morgan fingerprint density at radius 3 is 2.58 bits per heavy atom. The minimum absolute atomic E-state index is 0.117. The fourth-order valence-electron chi connectivity index (χ4n) is 1.61. The van der Waals surface area contributed by atoms with E-state index in [1.54, 1.807) is 30.3 Å². The summed E-state index contributed by atoms with van der Waals surface area (Å²) in [6.45, 7) is 2.43. The van der Waals surface area contributed by atoms with Crippen molar-refractivity contribution in [3.05, 3.63) is 56.9 Å². The van der Waals surface area contributed by atoms with E-state index in [9.17, 15) is 9.59 Å². The van der Waals surface area contributed by atoms with Gasteiger partial charge in [-0.3, -0.25) is 14.3 Å². The zero-order valence-electron chi connectivity index (χ0n) is 10.2. The number of aromatic amines is 1. The summed E-state index contributed by atoms with van der Waals surface area (Å²) in [6.07, 6.45) is 1.22. The van der Waals surface area contributed by atoms with Gasteiger partial charge in [-0.2, -0.15) is 5.26 Å². The maximum Gasteiger partial charge on any atom is 0.332 e. The van der Waals surface area contributed by atoms with E-state index in [1.807, 2.05) is 6.92 Å². The smallest absolute Gasteiger partial charge is 0.332 e. The van der Waals surface area contributed by atoms with Crippen molar-refractivity contribution >= 4 is 0 Å². The first-order valence-corrected chi connectivity index (χ1v) is 5.65. The Hall–Kier alpha value is -2.81. The molecule has 0 fully saturated rings. The van der Waals surface area contributed by atoms with E-state index in [2.05, 4.69) is 4.98 Å². The summed E-state index contributed by atoms with van der Waals surface area (Å²) >= 11 is 0. The molecule has 0 saturated heterocycles. The van der Waals surface area contributed by atoms with Crippen LogP contribution in [0.15, 0.2) is 40.1 Å². The number of nitrogens with one attached hydrogen (secondary N) is 1. The second-order valence-corrected chi connectivity index (χ2v) is 3.71. The third-order valence-corrected chi connectivity index (χ3v) is 2.49. The van der Waals surface area contributed by atoms with Crippen molar-refractivity contribution < 1.29 is 4.74 Å². The van der Waals surface area contributed by atoms with E-state index in [4.69, 9.17) is 10.00 Å². The molecular weight excluding hydrogens is 246 g/mol. The molecule has 1 aromatic heterocycles. The van der Waals surface area contributed by atoms with Gasteiger partial charge in [0.1, 0.15) is 17.4 Å². The number of nitrogens with zero attached hydrogens (tertiary/aromatic N) is 2. The first-order valence-electron chi connectivity index (χ1n) is 5.65. The molecule has 1 aromatic carbocycles. The maximum absolute atomic E-state index is 11.7. The van der Waals surface area contributed by atoms with E-state index < -0.39 is 11.2 Å². The standard InChI is InChI=1S/C13H11N3O3/c1-2-19-11-5-3-10(4-6-11)16-8-9(7-14)12(17)15-13(16)18/h3-6,8H,2H2,1H3,(H,15,17,18). The summed E-state index contributed by atoms with van der Waals surface area (Å²) in [6, 6.07) is 8.50. The number of benzene rings is 1. The van der Waals surface area contributed by atoms with E-state index in [-0.39, 0.29) is 5.56 Å². The molecule has 0 unspecified atom stereocenters. The Bertz CT molecular complexity index is 735. The topological polar surface area (TPSA) is 87.9 Å². The Morgan fingerprint density at radius 1 is 1.32 bits per heavy atom. The van der Waals surface area contributed by atoms with Crippen LogP contribution in [0.2, 0.25) is 0 Å². The van der Waals surface area contributed by atoms with Crippen LogP contribution in [0.4, 0.5) is 0 Å². The van der Waals surface area contributed by atoms with Crippen LogP contribution in [0.3, 0.4) is 0 Å². The Balaban J connectivity index is 2.50. The predicted molar refractivity (Wildman–Crippen MR) is 68.5 cm³/mol. The molecule has 0 saturated carbocycles. The molecule has 0 atom stereocenters. The average Bonchev–Trinajstić information content (AvgIpc) is 2.41. The molecule has 0 aliphatic rings. The molecule has 1 heterocycles. The second-order valence-electron chi connectivity index (χ2n) is 3.71. The third-order valence-electron chi connectivity index (χ3n) is 2.49. The van der Waals surface area contributed by atoms with Gasteiger partial charge in [-0.25, -0.2) is 4.79 Å². The van der Waals surface area contributed by atoms with Crippen molar-refractivity contribution in [1.29, 1.82) is 5.26 Å². The van der Waals surface area contributed by atoms with E-state index in [0.717, 1.165) is 0 Å². The van der Waals surface area contributed by atoms with E-state index in [1.165, 1.54) is 10.8 Å². The SMILES string of the molecule is CCOc1ccc(-n2cc(C#N)c(=O)[nH]c2=O)cc1. The largest absolute Gasteiger partial charge is 0.494 e. The summed E-state index contributed by atoms with van der Waals surface area (Å²) in [5, 5.41) is 8.79. The van der Waals surface area contributed by atoms with Crippen LogP contribution in [-0.2, 0) is 0 Å². The molecule has 96 valence electrons. The number of hydrogen-bond donors (Lipinski definition) is 1. The van der Waals surface area contributed by atoms with Gasteiger partial charge in [-0.1, -0.05) is 0 Å². The molecule has 0 amide bonds. The lowest BCUT2D eigenvalue weighted by Crippen LogP contribution is -2.29. The van der Waals surface area contributed by atoms with Crippen LogP contribution in [0, 0.1) is 11.3 Å². The monoisotopic (exact) mass is 257 g/mol. The molecule has 0 aliphatic carbocycles. The minimum Gasteiger partial charge on any atom is -0.494 e.